The minimum Gasteiger partial charge on any atom is -0.469 e. The molecule has 3 heteroatoms. The van der Waals surface area contributed by atoms with Crippen molar-refractivity contribution in [2.45, 2.75) is 66.4 Å². The first-order valence-corrected chi connectivity index (χ1v) is 8.76. The first kappa shape index (κ1) is 16.4. The van der Waals surface area contributed by atoms with Crippen molar-refractivity contribution in [2.75, 3.05) is 0 Å². The average Bonchev–Trinajstić information content (AvgIpc) is 2.82. The van der Waals surface area contributed by atoms with Crippen LogP contribution in [0.5, 0.6) is 0 Å². The number of carbonyl (C=O) groups is 1. The smallest absolute Gasteiger partial charge is 0.331 e. The lowest BCUT2D eigenvalue weighted by Crippen LogP contribution is -2.47. The SMILES string of the molecule is CC(C)=CC(=O)OC1c2c(C)coc2CC2CCCC(C)C21C. The van der Waals surface area contributed by atoms with Crippen LogP contribution in [-0.2, 0) is 16.0 Å². The monoisotopic (exact) mass is 316 g/mol. The summed E-state index contributed by atoms with van der Waals surface area (Å²) in [6.07, 6.45) is 7.83. The Hall–Kier alpha value is -1.51. The molecule has 4 atom stereocenters. The van der Waals surface area contributed by atoms with Gasteiger partial charge in [0.05, 0.1) is 6.26 Å². The molecule has 23 heavy (non-hydrogen) atoms. The van der Waals surface area contributed by atoms with Gasteiger partial charge in [0.25, 0.3) is 0 Å². The number of furan rings is 1. The molecule has 0 aliphatic heterocycles. The third-order valence-corrected chi connectivity index (χ3v) is 6.13. The highest BCUT2D eigenvalue weighted by atomic mass is 16.5. The zero-order valence-corrected chi connectivity index (χ0v) is 14.9. The van der Waals surface area contributed by atoms with E-state index in [4.69, 9.17) is 9.15 Å². The highest BCUT2D eigenvalue weighted by Gasteiger charge is 2.54. The van der Waals surface area contributed by atoms with Gasteiger partial charge < -0.3 is 9.15 Å². The van der Waals surface area contributed by atoms with E-state index in [0.717, 1.165) is 28.9 Å². The van der Waals surface area contributed by atoms with E-state index in [1.165, 1.54) is 19.3 Å². The first-order chi connectivity index (χ1) is 10.8. The summed E-state index contributed by atoms with van der Waals surface area (Å²) in [5.41, 5.74) is 3.18. The minimum absolute atomic E-state index is 0.00890. The van der Waals surface area contributed by atoms with Crippen LogP contribution in [0.4, 0.5) is 0 Å². The Bertz CT molecular complexity index is 635. The number of ether oxygens (including phenoxy) is 1. The fraction of sp³-hybridized carbons (Fsp3) is 0.650. The van der Waals surface area contributed by atoms with Crippen molar-refractivity contribution in [3.63, 3.8) is 0 Å². The third kappa shape index (κ3) is 2.64. The summed E-state index contributed by atoms with van der Waals surface area (Å²) in [7, 11) is 0. The van der Waals surface area contributed by atoms with Crippen LogP contribution in [-0.4, -0.2) is 5.97 Å². The molecular weight excluding hydrogens is 288 g/mol. The molecular formula is C20H28O3. The molecule has 126 valence electrons. The van der Waals surface area contributed by atoms with Gasteiger partial charge in [-0.25, -0.2) is 4.79 Å². The Morgan fingerprint density at radius 1 is 1.39 bits per heavy atom. The molecule has 0 spiro atoms. The summed E-state index contributed by atoms with van der Waals surface area (Å²) in [4.78, 5) is 12.4. The van der Waals surface area contributed by atoms with Crippen molar-refractivity contribution in [3.05, 3.63) is 34.8 Å². The Kier molecular flexibility index (Phi) is 4.16. The third-order valence-electron chi connectivity index (χ3n) is 6.13. The standard InChI is InChI=1S/C20H28O3/c1-12(2)9-17(21)23-19-18-13(3)11-22-16(18)10-15-8-6-7-14(4)20(15,19)5/h9,11,14-15,19H,6-8,10H2,1-5H3. The Balaban J connectivity index is 2.05. The largest absolute Gasteiger partial charge is 0.469 e. The number of allylic oxidation sites excluding steroid dienone is 1. The van der Waals surface area contributed by atoms with E-state index in [0.29, 0.717) is 11.8 Å². The molecule has 3 nitrogen and oxygen atoms in total. The number of carbonyl (C=O) groups excluding carboxylic acids is 1. The Morgan fingerprint density at radius 2 is 2.13 bits per heavy atom. The minimum atomic E-state index is -0.235. The molecule has 0 N–H and O–H groups in total. The van der Waals surface area contributed by atoms with Gasteiger partial charge in [0.2, 0.25) is 0 Å². The van der Waals surface area contributed by atoms with Crippen LogP contribution in [0.25, 0.3) is 0 Å². The molecule has 1 aromatic rings. The number of hydrogen-bond donors (Lipinski definition) is 0. The second-order valence-corrected chi connectivity index (χ2v) is 7.89. The van der Waals surface area contributed by atoms with Crippen LogP contribution in [0, 0.1) is 24.2 Å². The van der Waals surface area contributed by atoms with Gasteiger partial charge in [-0.2, -0.15) is 0 Å². The average molecular weight is 316 g/mol. The topological polar surface area (TPSA) is 39.4 Å². The number of fused-ring (bicyclic) bond motifs is 2. The van der Waals surface area contributed by atoms with E-state index < -0.39 is 0 Å². The van der Waals surface area contributed by atoms with Crippen LogP contribution in [0.3, 0.4) is 0 Å². The number of esters is 1. The molecule has 0 bridgehead atoms. The van der Waals surface area contributed by atoms with E-state index in [1.807, 2.05) is 20.1 Å². The van der Waals surface area contributed by atoms with Gasteiger partial charge in [-0.15, -0.1) is 0 Å². The summed E-state index contributed by atoms with van der Waals surface area (Å²) in [5, 5.41) is 0. The fourth-order valence-electron chi connectivity index (χ4n) is 4.61. The first-order valence-electron chi connectivity index (χ1n) is 8.76. The molecule has 2 aliphatic rings. The van der Waals surface area contributed by atoms with Gasteiger partial charge in [0.1, 0.15) is 11.9 Å². The van der Waals surface area contributed by atoms with Gasteiger partial charge in [-0.1, -0.05) is 32.3 Å². The highest BCUT2D eigenvalue weighted by Crippen LogP contribution is 2.59. The number of rotatable bonds is 2. The van der Waals surface area contributed by atoms with Gasteiger partial charge in [0.15, 0.2) is 0 Å². The molecule has 2 aliphatic carbocycles. The quantitative estimate of drug-likeness (QED) is 0.560. The van der Waals surface area contributed by atoms with Crippen LogP contribution in [0.15, 0.2) is 22.3 Å². The van der Waals surface area contributed by atoms with E-state index in [1.54, 1.807) is 6.08 Å². The molecule has 1 fully saturated rings. The molecule has 3 rings (SSSR count). The summed E-state index contributed by atoms with van der Waals surface area (Å²) >= 11 is 0. The zero-order chi connectivity index (χ0) is 16.8. The van der Waals surface area contributed by atoms with Crippen molar-refractivity contribution >= 4 is 5.97 Å². The molecule has 1 heterocycles. The predicted molar refractivity (Wildman–Crippen MR) is 90.0 cm³/mol. The highest BCUT2D eigenvalue weighted by molar-refractivity contribution is 5.83. The molecule has 0 amide bonds. The lowest BCUT2D eigenvalue weighted by atomic mass is 9.54. The summed E-state index contributed by atoms with van der Waals surface area (Å²) < 4.78 is 11.8. The van der Waals surface area contributed by atoms with Crippen molar-refractivity contribution in [2.24, 2.45) is 17.3 Å². The van der Waals surface area contributed by atoms with Crippen molar-refractivity contribution in [3.8, 4) is 0 Å². The van der Waals surface area contributed by atoms with E-state index >= 15 is 0 Å². The Labute approximate surface area is 139 Å². The van der Waals surface area contributed by atoms with Gasteiger partial charge in [-0.05, 0) is 44.6 Å². The number of hydrogen-bond acceptors (Lipinski definition) is 3. The van der Waals surface area contributed by atoms with E-state index in [9.17, 15) is 4.79 Å². The summed E-state index contributed by atoms with van der Waals surface area (Å²) in [6, 6.07) is 0. The lowest BCUT2D eigenvalue weighted by molar-refractivity contribution is -0.163. The van der Waals surface area contributed by atoms with Gasteiger partial charge in [-0.3, -0.25) is 0 Å². The second-order valence-electron chi connectivity index (χ2n) is 7.89. The molecule has 4 unspecified atom stereocenters. The van der Waals surface area contributed by atoms with Crippen LogP contribution < -0.4 is 0 Å². The maximum atomic E-state index is 12.4. The number of aryl methyl sites for hydroxylation is 1. The summed E-state index contributed by atoms with van der Waals surface area (Å²) in [5.74, 6) is 1.84. The maximum absolute atomic E-state index is 12.4. The van der Waals surface area contributed by atoms with E-state index in [-0.39, 0.29) is 17.5 Å². The second kappa shape index (κ2) is 5.85. The van der Waals surface area contributed by atoms with Crippen molar-refractivity contribution in [1.82, 2.24) is 0 Å². The zero-order valence-electron chi connectivity index (χ0n) is 14.9. The van der Waals surface area contributed by atoms with Crippen molar-refractivity contribution in [1.29, 1.82) is 0 Å². The van der Waals surface area contributed by atoms with Crippen molar-refractivity contribution < 1.29 is 13.9 Å². The molecule has 0 saturated heterocycles. The predicted octanol–water partition coefficient (Wildman–Crippen LogP) is 5.14. The van der Waals surface area contributed by atoms with Crippen LogP contribution in [0.2, 0.25) is 0 Å². The lowest BCUT2D eigenvalue weighted by Gasteiger charge is -2.52. The molecule has 0 radical (unpaired) electrons. The Morgan fingerprint density at radius 3 is 2.83 bits per heavy atom. The molecule has 1 aromatic heterocycles. The normalized spacial score (nSPS) is 32.7. The molecule has 1 saturated carbocycles. The van der Waals surface area contributed by atoms with Crippen LogP contribution in [0.1, 0.15) is 69.9 Å². The fourth-order valence-corrected chi connectivity index (χ4v) is 4.61. The van der Waals surface area contributed by atoms with Gasteiger partial charge >= 0.3 is 5.97 Å². The maximum Gasteiger partial charge on any atom is 0.331 e. The van der Waals surface area contributed by atoms with Crippen LogP contribution >= 0.6 is 0 Å². The molecule has 0 aromatic carbocycles. The van der Waals surface area contributed by atoms with E-state index in [2.05, 4.69) is 20.8 Å². The summed E-state index contributed by atoms with van der Waals surface area (Å²) in [6.45, 7) is 10.5. The van der Waals surface area contributed by atoms with Gasteiger partial charge in [0, 0.05) is 23.5 Å².